The molecule has 2 rings (SSSR count). The average molecular weight is 261 g/mol. The van der Waals surface area contributed by atoms with Gasteiger partial charge in [-0.15, -0.1) is 0 Å². The predicted octanol–water partition coefficient (Wildman–Crippen LogP) is 3.07. The van der Waals surface area contributed by atoms with Crippen LogP contribution in [0.25, 0.3) is 0 Å². The number of hydrogen-bond donors (Lipinski definition) is 1. The van der Waals surface area contributed by atoms with Crippen molar-refractivity contribution in [3.8, 4) is 0 Å². The molecule has 1 aliphatic rings. The van der Waals surface area contributed by atoms with Crippen LogP contribution in [0.15, 0.2) is 12.1 Å². The Morgan fingerprint density at radius 2 is 2.00 bits per heavy atom. The first-order chi connectivity index (χ1) is 8.94. The van der Waals surface area contributed by atoms with Gasteiger partial charge in [0.25, 0.3) is 0 Å². The Hall–Kier alpha value is -1.09. The van der Waals surface area contributed by atoms with Gasteiger partial charge in [0.15, 0.2) is 0 Å². The number of nitrogens with two attached hydrogens (primary N) is 1. The first kappa shape index (κ1) is 14.3. The molecule has 1 saturated carbocycles. The molecular formula is C16H27N3. The van der Waals surface area contributed by atoms with Crippen LogP contribution in [-0.2, 0) is 12.0 Å². The first-order valence-electron chi connectivity index (χ1n) is 7.40. The molecular weight excluding hydrogens is 234 g/mol. The fourth-order valence-electron chi connectivity index (χ4n) is 2.23. The Kier molecular flexibility index (Phi) is 4.14. The van der Waals surface area contributed by atoms with E-state index in [-0.39, 0.29) is 5.41 Å². The minimum atomic E-state index is 0.0684. The number of hydrogen-bond acceptors (Lipinski definition) is 3. The zero-order chi connectivity index (χ0) is 14.0. The van der Waals surface area contributed by atoms with Crippen molar-refractivity contribution in [2.24, 2.45) is 11.7 Å². The molecule has 106 valence electrons. The van der Waals surface area contributed by atoms with Crippen molar-refractivity contribution in [3.05, 3.63) is 23.4 Å². The lowest BCUT2D eigenvalue weighted by Crippen LogP contribution is -2.27. The molecule has 0 radical (unpaired) electrons. The first-order valence-corrected chi connectivity index (χ1v) is 7.40. The normalized spacial score (nSPS) is 15.6. The van der Waals surface area contributed by atoms with Gasteiger partial charge in [0.1, 0.15) is 5.82 Å². The van der Waals surface area contributed by atoms with Crippen LogP contribution >= 0.6 is 0 Å². The van der Waals surface area contributed by atoms with E-state index in [9.17, 15) is 0 Å². The van der Waals surface area contributed by atoms with Gasteiger partial charge in [-0.25, -0.2) is 4.98 Å². The zero-order valence-corrected chi connectivity index (χ0v) is 12.7. The lowest BCUT2D eigenvalue weighted by Gasteiger charge is -2.26. The van der Waals surface area contributed by atoms with Gasteiger partial charge in [0.2, 0.25) is 0 Å². The third kappa shape index (κ3) is 3.69. The van der Waals surface area contributed by atoms with E-state index in [0.29, 0.717) is 6.54 Å². The van der Waals surface area contributed by atoms with E-state index in [0.717, 1.165) is 30.5 Å². The summed E-state index contributed by atoms with van der Waals surface area (Å²) in [7, 11) is 0. The van der Waals surface area contributed by atoms with Crippen LogP contribution in [0.1, 0.15) is 51.8 Å². The van der Waals surface area contributed by atoms with Crippen molar-refractivity contribution in [1.29, 1.82) is 0 Å². The summed E-state index contributed by atoms with van der Waals surface area (Å²) in [5.74, 6) is 1.98. The van der Waals surface area contributed by atoms with Crippen molar-refractivity contribution < 1.29 is 0 Å². The predicted molar refractivity (Wildman–Crippen MR) is 81.4 cm³/mol. The standard InChI is InChI=1S/C16H27N3/c1-5-19(11-12-6-7-12)15-9-13(10-17)8-14(18-15)16(2,3)4/h8-9,12H,5-7,10-11,17H2,1-4H3. The van der Waals surface area contributed by atoms with Crippen molar-refractivity contribution in [2.45, 2.75) is 52.5 Å². The van der Waals surface area contributed by atoms with Crippen LogP contribution in [0.4, 0.5) is 5.82 Å². The molecule has 19 heavy (non-hydrogen) atoms. The van der Waals surface area contributed by atoms with E-state index in [1.54, 1.807) is 0 Å². The summed E-state index contributed by atoms with van der Waals surface area (Å²) < 4.78 is 0. The van der Waals surface area contributed by atoms with E-state index >= 15 is 0 Å². The fourth-order valence-corrected chi connectivity index (χ4v) is 2.23. The van der Waals surface area contributed by atoms with E-state index in [1.165, 1.54) is 18.4 Å². The van der Waals surface area contributed by atoms with E-state index < -0.39 is 0 Å². The molecule has 1 fully saturated rings. The third-order valence-corrected chi connectivity index (χ3v) is 3.76. The number of aromatic nitrogens is 1. The Bertz CT molecular complexity index is 430. The van der Waals surface area contributed by atoms with Gasteiger partial charge in [-0.1, -0.05) is 20.8 Å². The Labute approximate surface area is 117 Å². The maximum Gasteiger partial charge on any atom is 0.129 e. The van der Waals surface area contributed by atoms with Crippen LogP contribution < -0.4 is 10.6 Å². The van der Waals surface area contributed by atoms with E-state index in [1.807, 2.05) is 0 Å². The van der Waals surface area contributed by atoms with Crippen LogP contribution in [0.5, 0.6) is 0 Å². The summed E-state index contributed by atoms with van der Waals surface area (Å²) in [4.78, 5) is 7.27. The van der Waals surface area contributed by atoms with Crippen LogP contribution in [0.3, 0.4) is 0 Å². The van der Waals surface area contributed by atoms with Crippen molar-refractivity contribution in [2.75, 3.05) is 18.0 Å². The molecule has 1 aromatic heterocycles. The largest absolute Gasteiger partial charge is 0.357 e. The second-order valence-corrected chi connectivity index (χ2v) is 6.65. The molecule has 0 atom stereocenters. The lowest BCUT2D eigenvalue weighted by molar-refractivity contribution is 0.566. The van der Waals surface area contributed by atoms with E-state index in [4.69, 9.17) is 10.7 Å². The fraction of sp³-hybridized carbons (Fsp3) is 0.688. The Morgan fingerprint density at radius 3 is 2.47 bits per heavy atom. The summed E-state index contributed by atoms with van der Waals surface area (Å²) in [6.07, 6.45) is 2.75. The highest BCUT2D eigenvalue weighted by molar-refractivity contribution is 5.44. The van der Waals surface area contributed by atoms with Gasteiger partial charge in [-0.2, -0.15) is 0 Å². The van der Waals surface area contributed by atoms with E-state index in [2.05, 4.69) is 44.7 Å². The summed E-state index contributed by atoms with van der Waals surface area (Å²) in [6.45, 7) is 11.6. The summed E-state index contributed by atoms with van der Waals surface area (Å²) in [6, 6.07) is 4.30. The topological polar surface area (TPSA) is 42.1 Å². The average Bonchev–Trinajstić information content (AvgIpc) is 3.18. The quantitative estimate of drug-likeness (QED) is 0.885. The highest BCUT2D eigenvalue weighted by Gasteiger charge is 2.25. The molecule has 1 heterocycles. The van der Waals surface area contributed by atoms with Crippen LogP contribution in [-0.4, -0.2) is 18.1 Å². The van der Waals surface area contributed by atoms with Crippen molar-refractivity contribution in [3.63, 3.8) is 0 Å². The molecule has 0 aromatic carbocycles. The number of anilines is 1. The molecule has 0 amide bonds. The van der Waals surface area contributed by atoms with Crippen LogP contribution in [0, 0.1) is 5.92 Å². The second-order valence-electron chi connectivity index (χ2n) is 6.65. The highest BCUT2D eigenvalue weighted by Crippen LogP contribution is 2.32. The van der Waals surface area contributed by atoms with Gasteiger partial charge >= 0.3 is 0 Å². The number of nitrogens with zero attached hydrogens (tertiary/aromatic N) is 2. The molecule has 1 aliphatic carbocycles. The van der Waals surface area contributed by atoms with Gasteiger partial charge < -0.3 is 10.6 Å². The maximum atomic E-state index is 5.84. The molecule has 0 unspecified atom stereocenters. The van der Waals surface area contributed by atoms with Crippen molar-refractivity contribution in [1.82, 2.24) is 4.98 Å². The summed E-state index contributed by atoms with van der Waals surface area (Å²) in [5, 5.41) is 0. The molecule has 3 nitrogen and oxygen atoms in total. The summed E-state index contributed by atoms with van der Waals surface area (Å²) in [5.41, 5.74) is 8.23. The van der Waals surface area contributed by atoms with Crippen molar-refractivity contribution >= 4 is 5.82 Å². The SMILES string of the molecule is CCN(CC1CC1)c1cc(CN)cc(C(C)(C)C)n1. The minimum Gasteiger partial charge on any atom is -0.357 e. The number of rotatable bonds is 5. The summed E-state index contributed by atoms with van der Waals surface area (Å²) >= 11 is 0. The van der Waals surface area contributed by atoms with Crippen LogP contribution in [0.2, 0.25) is 0 Å². The third-order valence-electron chi connectivity index (χ3n) is 3.76. The molecule has 0 spiro atoms. The molecule has 0 bridgehead atoms. The monoisotopic (exact) mass is 261 g/mol. The van der Waals surface area contributed by atoms with Gasteiger partial charge in [-0.3, -0.25) is 0 Å². The Morgan fingerprint density at radius 1 is 1.32 bits per heavy atom. The maximum absolute atomic E-state index is 5.84. The van der Waals surface area contributed by atoms with Gasteiger partial charge in [-0.05, 0) is 43.4 Å². The number of pyridine rings is 1. The Balaban J connectivity index is 2.31. The second kappa shape index (κ2) is 5.49. The molecule has 3 heteroatoms. The van der Waals surface area contributed by atoms with Gasteiger partial charge in [0.05, 0.1) is 0 Å². The smallest absolute Gasteiger partial charge is 0.129 e. The highest BCUT2D eigenvalue weighted by atomic mass is 15.2. The minimum absolute atomic E-state index is 0.0684. The lowest BCUT2D eigenvalue weighted by atomic mass is 9.90. The molecule has 0 saturated heterocycles. The van der Waals surface area contributed by atoms with Gasteiger partial charge in [0, 0.05) is 30.7 Å². The molecule has 1 aromatic rings. The molecule has 2 N–H and O–H groups in total. The molecule has 0 aliphatic heterocycles. The zero-order valence-electron chi connectivity index (χ0n) is 12.7.